The molecule has 0 fully saturated rings. The Morgan fingerprint density at radius 1 is 0.786 bits per heavy atom. The van der Waals surface area contributed by atoms with Crippen LogP contribution in [0, 0.1) is 11.6 Å². The summed E-state index contributed by atoms with van der Waals surface area (Å²) >= 11 is 0. The molecule has 0 bridgehead atoms. The fourth-order valence-electron chi connectivity index (χ4n) is 2.99. The molecule has 0 aromatic heterocycles. The molecule has 0 aliphatic carbocycles. The minimum absolute atomic E-state index is 0.0635. The van der Waals surface area contributed by atoms with Crippen molar-refractivity contribution >= 4 is 0 Å². The predicted octanol–water partition coefficient (Wildman–Crippen LogP) is 7.47. The van der Waals surface area contributed by atoms with Crippen LogP contribution in [0.25, 0.3) is 0 Å². The van der Waals surface area contributed by atoms with E-state index in [9.17, 15) is 35.1 Å². The summed E-state index contributed by atoms with van der Waals surface area (Å²) in [5.41, 5.74) is -2.70. The second-order valence-electron chi connectivity index (χ2n) is 7.04. The van der Waals surface area contributed by atoms with Crippen LogP contribution in [0.5, 0.6) is 0 Å². The number of alkyl halides is 6. The second kappa shape index (κ2) is 7.72. The van der Waals surface area contributed by atoms with Crippen LogP contribution in [0.3, 0.4) is 0 Å². The quantitative estimate of drug-likeness (QED) is 0.459. The zero-order chi connectivity index (χ0) is 21.4. The molecule has 0 aliphatic heterocycles. The van der Waals surface area contributed by atoms with Crippen LogP contribution in [-0.2, 0) is 18.8 Å². The van der Waals surface area contributed by atoms with Gasteiger partial charge in [-0.25, -0.2) is 8.78 Å². The first kappa shape index (κ1) is 22.2. The highest BCUT2D eigenvalue weighted by Gasteiger charge is 2.36. The zero-order valence-electron chi connectivity index (χ0n) is 15.3. The first-order valence-electron chi connectivity index (χ1n) is 8.48. The van der Waals surface area contributed by atoms with E-state index in [1.807, 2.05) is 0 Å². The monoisotopic (exact) mass is 410 g/mol. The van der Waals surface area contributed by atoms with Crippen molar-refractivity contribution in [2.45, 2.75) is 51.4 Å². The lowest BCUT2D eigenvalue weighted by molar-refractivity contribution is -0.141. The Labute approximate surface area is 157 Å². The van der Waals surface area contributed by atoms with Crippen LogP contribution in [0.4, 0.5) is 35.1 Å². The van der Waals surface area contributed by atoms with Crippen LogP contribution in [0.1, 0.15) is 60.4 Å². The van der Waals surface area contributed by atoms with Crippen LogP contribution in [0.15, 0.2) is 30.3 Å². The lowest BCUT2D eigenvalue weighted by Crippen LogP contribution is -2.13. The molecule has 0 saturated carbocycles. The van der Waals surface area contributed by atoms with E-state index in [0.29, 0.717) is 18.2 Å². The molecule has 1 unspecified atom stereocenters. The lowest BCUT2D eigenvalue weighted by atomic mass is 9.89. The summed E-state index contributed by atoms with van der Waals surface area (Å²) in [6, 6.07) is 4.45. The third kappa shape index (κ3) is 4.83. The van der Waals surface area contributed by atoms with Gasteiger partial charge in [0.1, 0.15) is 11.6 Å². The van der Waals surface area contributed by atoms with Gasteiger partial charge in [0.15, 0.2) is 0 Å². The normalized spacial score (nSPS) is 13.9. The highest BCUT2D eigenvalue weighted by Crippen LogP contribution is 2.37. The number of hydrogen-bond donors (Lipinski definition) is 0. The van der Waals surface area contributed by atoms with Crippen LogP contribution >= 0.6 is 0 Å². The van der Waals surface area contributed by atoms with E-state index in [1.165, 1.54) is 13.0 Å². The Morgan fingerprint density at radius 2 is 1.36 bits per heavy atom. The van der Waals surface area contributed by atoms with Crippen molar-refractivity contribution in [3.63, 3.8) is 0 Å². The first-order valence-corrected chi connectivity index (χ1v) is 8.48. The van der Waals surface area contributed by atoms with Crippen molar-refractivity contribution in [1.29, 1.82) is 0 Å². The maximum Gasteiger partial charge on any atom is 0.419 e. The van der Waals surface area contributed by atoms with Crippen molar-refractivity contribution in [3.8, 4) is 0 Å². The molecule has 0 aliphatic rings. The molecule has 28 heavy (non-hydrogen) atoms. The van der Waals surface area contributed by atoms with Crippen molar-refractivity contribution < 1.29 is 35.1 Å². The minimum atomic E-state index is -4.90. The SMILES string of the molecule is CC(C)c1cc(CC(C)c2ccc(F)c(C(F)(F)F)c2)cc(C(F)(F)F)c1F. The van der Waals surface area contributed by atoms with Crippen molar-refractivity contribution in [2.24, 2.45) is 0 Å². The molecule has 2 aromatic rings. The topological polar surface area (TPSA) is 0 Å². The third-order valence-electron chi connectivity index (χ3n) is 4.49. The molecule has 2 aromatic carbocycles. The van der Waals surface area contributed by atoms with Crippen LogP contribution in [0.2, 0.25) is 0 Å². The van der Waals surface area contributed by atoms with Crippen LogP contribution in [-0.4, -0.2) is 0 Å². The molecule has 0 radical (unpaired) electrons. The van der Waals surface area contributed by atoms with Crippen molar-refractivity contribution in [2.75, 3.05) is 0 Å². The first-order chi connectivity index (χ1) is 12.7. The summed E-state index contributed by atoms with van der Waals surface area (Å²) in [6.07, 6.45) is -9.84. The molecule has 0 nitrogen and oxygen atoms in total. The molecule has 2 rings (SSSR count). The Bertz CT molecular complexity index is 847. The maximum atomic E-state index is 14.2. The summed E-state index contributed by atoms with van der Waals surface area (Å²) in [7, 11) is 0. The molecular weight excluding hydrogens is 392 g/mol. The van der Waals surface area contributed by atoms with Gasteiger partial charge < -0.3 is 0 Å². The van der Waals surface area contributed by atoms with E-state index in [-0.39, 0.29) is 23.1 Å². The minimum Gasteiger partial charge on any atom is -0.206 e. The van der Waals surface area contributed by atoms with Gasteiger partial charge in [0.2, 0.25) is 0 Å². The van der Waals surface area contributed by atoms with E-state index < -0.39 is 46.9 Å². The Morgan fingerprint density at radius 3 is 1.86 bits per heavy atom. The molecule has 0 N–H and O–H groups in total. The highest BCUT2D eigenvalue weighted by molar-refractivity contribution is 5.37. The van der Waals surface area contributed by atoms with Gasteiger partial charge in [0.25, 0.3) is 0 Å². The number of hydrogen-bond acceptors (Lipinski definition) is 0. The van der Waals surface area contributed by atoms with Crippen molar-refractivity contribution in [1.82, 2.24) is 0 Å². The second-order valence-corrected chi connectivity index (χ2v) is 7.04. The average molecular weight is 410 g/mol. The van der Waals surface area contributed by atoms with Gasteiger partial charge in [-0.1, -0.05) is 32.9 Å². The van der Waals surface area contributed by atoms with Crippen molar-refractivity contribution in [3.05, 3.63) is 69.8 Å². The van der Waals surface area contributed by atoms with Gasteiger partial charge in [-0.2, -0.15) is 26.3 Å². The molecule has 8 heteroatoms. The van der Waals surface area contributed by atoms with Gasteiger partial charge in [0.05, 0.1) is 11.1 Å². The maximum absolute atomic E-state index is 14.2. The van der Waals surface area contributed by atoms with Gasteiger partial charge >= 0.3 is 12.4 Å². The van der Waals surface area contributed by atoms with Gasteiger partial charge in [-0.3, -0.25) is 0 Å². The molecule has 0 amide bonds. The summed E-state index contributed by atoms with van der Waals surface area (Å²) in [4.78, 5) is 0. The standard InChI is InChI=1S/C20H18F8/c1-10(2)14-7-12(8-16(18(14)22)20(26,27)28)6-11(3)13-4-5-17(21)15(9-13)19(23,24)25/h4-5,7-11H,6H2,1-3H3. The molecule has 0 saturated heterocycles. The largest absolute Gasteiger partial charge is 0.419 e. The summed E-state index contributed by atoms with van der Waals surface area (Å²) < 4.78 is 106. The Balaban J connectivity index is 2.44. The lowest BCUT2D eigenvalue weighted by Gasteiger charge is -2.19. The highest BCUT2D eigenvalue weighted by atomic mass is 19.4. The average Bonchev–Trinajstić information content (AvgIpc) is 2.54. The number of rotatable bonds is 4. The summed E-state index contributed by atoms with van der Waals surface area (Å²) in [6.45, 7) is 4.60. The number of halogens is 8. The molecule has 1 atom stereocenters. The van der Waals surface area contributed by atoms with E-state index >= 15 is 0 Å². The fraction of sp³-hybridized carbons (Fsp3) is 0.400. The molecule has 0 heterocycles. The predicted molar refractivity (Wildman–Crippen MR) is 89.0 cm³/mol. The van der Waals surface area contributed by atoms with Gasteiger partial charge in [-0.05, 0) is 53.1 Å². The molecular formula is C20H18F8. The summed E-state index contributed by atoms with van der Waals surface area (Å²) in [5, 5.41) is 0. The molecule has 154 valence electrons. The van der Waals surface area contributed by atoms with E-state index in [0.717, 1.165) is 6.07 Å². The summed E-state index contributed by atoms with van der Waals surface area (Å²) in [5.74, 6) is -3.93. The fourth-order valence-corrected chi connectivity index (χ4v) is 2.99. The van der Waals surface area contributed by atoms with E-state index in [2.05, 4.69) is 0 Å². The zero-order valence-corrected chi connectivity index (χ0v) is 15.3. The van der Waals surface area contributed by atoms with Crippen LogP contribution < -0.4 is 0 Å². The van der Waals surface area contributed by atoms with Gasteiger partial charge in [0, 0.05) is 0 Å². The van der Waals surface area contributed by atoms with E-state index in [1.54, 1.807) is 13.8 Å². The van der Waals surface area contributed by atoms with E-state index in [4.69, 9.17) is 0 Å². The smallest absolute Gasteiger partial charge is 0.206 e. The third-order valence-corrected chi connectivity index (χ3v) is 4.49. The molecule has 0 spiro atoms. The Kier molecular flexibility index (Phi) is 6.11. The number of benzene rings is 2. The van der Waals surface area contributed by atoms with Gasteiger partial charge in [-0.15, -0.1) is 0 Å². The Hall–Kier alpha value is -2.12.